The Labute approximate surface area is 141 Å². The molecule has 4 N–H and O–H groups in total. The summed E-state index contributed by atoms with van der Waals surface area (Å²) in [5.41, 5.74) is 3.83. The van der Waals surface area contributed by atoms with Crippen LogP contribution in [0.3, 0.4) is 0 Å². The minimum atomic E-state index is -0.426. The van der Waals surface area contributed by atoms with Crippen molar-refractivity contribution in [2.45, 2.75) is 39.5 Å². The Hall–Kier alpha value is -1.96. The highest BCUT2D eigenvalue weighted by molar-refractivity contribution is 5.40. The van der Waals surface area contributed by atoms with Crippen LogP contribution < -0.4 is 0 Å². The molecule has 0 bridgehead atoms. The average molecular weight is 332 g/mol. The van der Waals surface area contributed by atoms with Gasteiger partial charge in [0.25, 0.3) is 0 Å². The molecule has 2 aromatic rings. The average Bonchev–Trinajstić information content (AvgIpc) is 3.11. The summed E-state index contributed by atoms with van der Waals surface area (Å²) in [6.45, 7) is 5.28. The molecule has 24 heavy (non-hydrogen) atoms. The van der Waals surface area contributed by atoms with E-state index in [9.17, 15) is 15.3 Å². The monoisotopic (exact) mass is 332 g/mol. The maximum Gasteiger partial charge on any atom is 0.141 e. The van der Waals surface area contributed by atoms with Crippen molar-refractivity contribution in [2.24, 2.45) is 5.92 Å². The number of pyridine rings is 1. The standard InChI is InChI=1S/C17H24N4O3/c1-10-3-14(20-19-10)4-12-6-21(8-16(12)23)7-15-13(9-22)5-18-11(2)17(15)24/h3,5,12,16,22-24H,4,6-9H2,1-2H3,(H,19,20)/t12-,16-/m1/s1. The zero-order valence-electron chi connectivity index (χ0n) is 14.0. The number of nitrogens with one attached hydrogen (secondary N) is 1. The first-order chi connectivity index (χ1) is 11.5. The first-order valence-electron chi connectivity index (χ1n) is 8.16. The second-order valence-corrected chi connectivity index (χ2v) is 6.62. The third-order valence-electron chi connectivity index (χ3n) is 4.69. The summed E-state index contributed by atoms with van der Waals surface area (Å²) in [7, 11) is 0. The van der Waals surface area contributed by atoms with Gasteiger partial charge in [-0.25, -0.2) is 0 Å². The van der Waals surface area contributed by atoms with Gasteiger partial charge in [0.2, 0.25) is 0 Å². The number of aliphatic hydroxyl groups is 2. The minimum absolute atomic E-state index is 0.107. The molecule has 0 radical (unpaired) electrons. The summed E-state index contributed by atoms with van der Waals surface area (Å²) < 4.78 is 0. The smallest absolute Gasteiger partial charge is 0.141 e. The molecule has 0 saturated carbocycles. The number of aromatic amines is 1. The predicted octanol–water partition coefficient (Wildman–Crippen LogP) is 0.655. The van der Waals surface area contributed by atoms with E-state index in [0.29, 0.717) is 29.9 Å². The molecular weight excluding hydrogens is 308 g/mol. The first-order valence-corrected chi connectivity index (χ1v) is 8.16. The Balaban J connectivity index is 1.70. The second-order valence-electron chi connectivity index (χ2n) is 6.62. The number of aliphatic hydroxyl groups excluding tert-OH is 2. The molecule has 0 aromatic carbocycles. The third kappa shape index (κ3) is 3.43. The molecule has 0 spiro atoms. The van der Waals surface area contributed by atoms with Crippen LogP contribution in [0.5, 0.6) is 5.75 Å². The van der Waals surface area contributed by atoms with E-state index in [1.807, 2.05) is 13.0 Å². The van der Waals surface area contributed by atoms with Crippen LogP contribution in [0.1, 0.15) is 28.2 Å². The number of aromatic hydroxyl groups is 1. The summed E-state index contributed by atoms with van der Waals surface area (Å²) in [5.74, 6) is 0.234. The van der Waals surface area contributed by atoms with E-state index in [4.69, 9.17) is 0 Å². The highest BCUT2D eigenvalue weighted by Crippen LogP contribution is 2.29. The highest BCUT2D eigenvalue weighted by Gasteiger charge is 2.32. The zero-order valence-corrected chi connectivity index (χ0v) is 14.0. The van der Waals surface area contributed by atoms with Crippen LogP contribution in [-0.4, -0.2) is 54.6 Å². The molecule has 0 amide bonds. The second kappa shape index (κ2) is 6.88. The Morgan fingerprint density at radius 3 is 2.79 bits per heavy atom. The van der Waals surface area contributed by atoms with E-state index in [0.717, 1.165) is 24.4 Å². The molecule has 0 aliphatic carbocycles. The molecule has 2 aromatic heterocycles. The van der Waals surface area contributed by atoms with E-state index in [-0.39, 0.29) is 18.3 Å². The van der Waals surface area contributed by atoms with Crippen molar-refractivity contribution in [1.29, 1.82) is 0 Å². The van der Waals surface area contributed by atoms with E-state index in [2.05, 4.69) is 20.1 Å². The van der Waals surface area contributed by atoms with E-state index < -0.39 is 6.10 Å². The van der Waals surface area contributed by atoms with Crippen molar-refractivity contribution in [1.82, 2.24) is 20.1 Å². The maximum atomic E-state index is 10.4. The number of rotatable bonds is 5. The molecular formula is C17H24N4O3. The van der Waals surface area contributed by atoms with Crippen LogP contribution in [-0.2, 0) is 19.6 Å². The van der Waals surface area contributed by atoms with Crippen LogP contribution in [0.25, 0.3) is 0 Å². The molecule has 3 heterocycles. The van der Waals surface area contributed by atoms with Gasteiger partial charge in [0.15, 0.2) is 0 Å². The number of hydrogen-bond acceptors (Lipinski definition) is 6. The summed E-state index contributed by atoms with van der Waals surface area (Å²) in [6.07, 6.45) is 1.89. The van der Waals surface area contributed by atoms with Crippen molar-refractivity contribution in [3.05, 3.63) is 40.5 Å². The quantitative estimate of drug-likeness (QED) is 0.641. The van der Waals surface area contributed by atoms with E-state index in [1.165, 1.54) is 0 Å². The molecule has 130 valence electrons. The van der Waals surface area contributed by atoms with Gasteiger partial charge in [-0.3, -0.25) is 15.0 Å². The van der Waals surface area contributed by atoms with Crippen molar-refractivity contribution in [3.8, 4) is 5.75 Å². The van der Waals surface area contributed by atoms with Crippen LogP contribution in [0.4, 0.5) is 0 Å². The maximum absolute atomic E-state index is 10.4. The van der Waals surface area contributed by atoms with Crippen molar-refractivity contribution >= 4 is 0 Å². The molecule has 2 atom stereocenters. The molecule has 7 heteroatoms. The van der Waals surface area contributed by atoms with Gasteiger partial charge < -0.3 is 15.3 Å². The predicted molar refractivity (Wildman–Crippen MR) is 88.4 cm³/mol. The summed E-state index contributed by atoms with van der Waals surface area (Å²) >= 11 is 0. The fourth-order valence-electron chi connectivity index (χ4n) is 3.34. The van der Waals surface area contributed by atoms with Gasteiger partial charge in [0, 0.05) is 48.6 Å². The summed E-state index contributed by atoms with van der Waals surface area (Å²) in [4.78, 5) is 6.18. The lowest BCUT2D eigenvalue weighted by atomic mass is 10.00. The van der Waals surface area contributed by atoms with Crippen LogP contribution >= 0.6 is 0 Å². The summed E-state index contributed by atoms with van der Waals surface area (Å²) in [6, 6.07) is 2.00. The number of H-pyrrole nitrogens is 1. The normalized spacial score (nSPS) is 21.5. The van der Waals surface area contributed by atoms with Crippen molar-refractivity contribution in [3.63, 3.8) is 0 Å². The fraction of sp³-hybridized carbons (Fsp3) is 0.529. The molecule has 1 aliphatic rings. The lowest BCUT2D eigenvalue weighted by molar-refractivity contribution is 0.140. The minimum Gasteiger partial charge on any atom is -0.506 e. The highest BCUT2D eigenvalue weighted by atomic mass is 16.3. The molecule has 1 aliphatic heterocycles. The number of likely N-dealkylation sites (tertiary alicyclic amines) is 1. The third-order valence-corrected chi connectivity index (χ3v) is 4.69. The van der Waals surface area contributed by atoms with Gasteiger partial charge in [-0.2, -0.15) is 5.10 Å². The van der Waals surface area contributed by atoms with Crippen molar-refractivity contribution < 1.29 is 15.3 Å². The fourth-order valence-corrected chi connectivity index (χ4v) is 3.34. The number of hydrogen-bond donors (Lipinski definition) is 4. The number of β-amino-alcohol motifs (C(OH)–C–C–N with tert-alkyl or cyclic N) is 1. The summed E-state index contributed by atoms with van der Waals surface area (Å²) in [5, 5.41) is 37.3. The van der Waals surface area contributed by atoms with E-state index >= 15 is 0 Å². The van der Waals surface area contributed by atoms with Crippen molar-refractivity contribution in [2.75, 3.05) is 13.1 Å². The Morgan fingerprint density at radius 2 is 2.12 bits per heavy atom. The first kappa shape index (κ1) is 16.9. The zero-order chi connectivity index (χ0) is 17.3. The van der Waals surface area contributed by atoms with E-state index in [1.54, 1.807) is 13.1 Å². The lowest BCUT2D eigenvalue weighted by Gasteiger charge is -2.19. The largest absolute Gasteiger partial charge is 0.506 e. The molecule has 1 saturated heterocycles. The number of nitrogens with zero attached hydrogens (tertiary/aromatic N) is 3. The van der Waals surface area contributed by atoms with Gasteiger partial charge in [-0.05, 0) is 26.3 Å². The Morgan fingerprint density at radius 1 is 1.33 bits per heavy atom. The number of aryl methyl sites for hydroxylation is 2. The molecule has 1 fully saturated rings. The topological polar surface area (TPSA) is 106 Å². The lowest BCUT2D eigenvalue weighted by Crippen LogP contribution is -2.22. The van der Waals surface area contributed by atoms with Gasteiger partial charge >= 0.3 is 0 Å². The molecule has 0 unspecified atom stereocenters. The van der Waals surface area contributed by atoms with Crippen LogP contribution in [0, 0.1) is 19.8 Å². The molecule has 3 rings (SSSR count). The molecule has 7 nitrogen and oxygen atoms in total. The Bertz CT molecular complexity index is 716. The SMILES string of the molecule is Cc1cc(C[C@@H]2CN(Cc3c(CO)cnc(C)c3O)C[C@H]2O)n[nH]1. The van der Waals surface area contributed by atoms with Crippen LogP contribution in [0.2, 0.25) is 0 Å². The van der Waals surface area contributed by atoms with Gasteiger partial charge in [-0.15, -0.1) is 0 Å². The number of aromatic nitrogens is 3. The van der Waals surface area contributed by atoms with Crippen LogP contribution in [0.15, 0.2) is 12.3 Å². The van der Waals surface area contributed by atoms with Gasteiger partial charge in [0.1, 0.15) is 5.75 Å². The van der Waals surface area contributed by atoms with Gasteiger partial charge in [0.05, 0.1) is 24.1 Å². The van der Waals surface area contributed by atoms with Gasteiger partial charge in [-0.1, -0.05) is 0 Å². The Kier molecular flexibility index (Phi) is 4.84.